The van der Waals surface area contributed by atoms with Crippen molar-refractivity contribution in [2.24, 2.45) is 0 Å². The van der Waals surface area contributed by atoms with Crippen molar-refractivity contribution in [1.82, 2.24) is 0 Å². The maximum Gasteiger partial charge on any atom is 0.340 e. The van der Waals surface area contributed by atoms with E-state index >= 15 is 0 Å². The Hall–Kier alpha value is -1.61. The summed E-state index contributed by atoms with van der Waals surface area (Å²) in [6.45, 7) is 0.987. The lowest BCUT2D eigenvalue weighted by molar-refractivity contribution is -0.124. The molecule has 1 atom stereocenters. The number of hydrogen-bond donors (Lipinski definition) is 1. The predicted octanol–water partition coefficient (Wildman–Crippen LogP) is 2.33. The van der Waals surface area contributed by atoms with E-state index in [1.807, 2.05) is 0 Å². The second-order valence-electron chi connectivity index (χ2n) is 5.77. The number of sulfonamides is 1. The molecule has 0 aromatic heterocycles. The summed E-state index contributed by atoms with van der Waals surface area (Å²) in [5.41, 5.74) is 0.176. The lowest BCUT2D eigenvalue weighted by atomic mass is 10.0. The van der Waals surface area contributed by atoms with Gasteiger partial charge in [-0.15, -0.1) is 0 Å². The van der Waals surface area contributed by atoms with Gasteiger partial charge in [0.2, 0.25) is 10.0 Å². The molecule has 1 unspecified atom stereocenters. The fourth-order valence-electron chi connectivity index (χ4n) is 2.86. The van der Waals surface area contributed by atoms with E-state index in [0.29, 0.717) is 31.1 Å². The van der Waals surface area contributed by atoms with Gasteiger partial charge in [-0.2, -0.15) is 0 Å². The summed E-state index contributed by atoms with van der Waals surface area (Å²) in [5.74, 6) is -1.48. The topological polar surface area (TPSA) is 90.9 Å². The second kappa shape index (κ2) is 6.95. The summed E-state index contributed by atoms with van der Waals surface area (Å²) in [6.07, 6.45) is 3.99. The van der Waals surface area contributed by atoms with Crippen LogP contribution in [-0.4, -0.2) is 45.7 Å². The Kier molecular flexibility index (Phi) is 5.06. The number of anilines is 1. The van der Waals surface area contributed by atoms with Crippen LogP contribution in [0.4, 0.5) is 5.69 Å². The third-order valence-corrected chi connectivity index (χ3v) is 6.09. The van der Waals surface area contributed by atoms with E-state index < -0.39 is 27.0 Å². The molecule has 25 heavy (non-hydrogen) atoms. The maximum absolute atomic E-state index is 12.7. The molecular formula is C16H18ClNO6S. The van der Waals surface area contributed by atoms with E-state index in [1.165, 1.54) is 25.3 Å². The monoisotopic (exact) mass is 387 g/mol. The smallest absolute Gasteiger partial charge is 0.340 e. The van der Waals surface area contributed by atoms with Gasteiger partial charge in [0.05, 0.1) is 36.8 Å². The standard InChI is InChI=1S/C16H18ClNO6S/c1-22-15(19)13-10-11(17)2-3-14(13)18-25(20,21)12-4-6-16(7-5-12)23-8-9-24-16/h2-4,6,10,12,18H,5,7-9H2,1H3. The van der Waals surface area contributed by atoms with Crippen LogP contribution in [0.1, 0.15) is 23.2 Å². The first-order valence-electron chi connectivity index (χ1n) is 7.72. The maximum atomic E-state index is 12.7. The van der Waals surface area contributed by atoms with Gasteiger partial charge in [0.25, 0.3) is 0 Å². The van der Waals surface area contributed by atoms with Crippen molar-refractivity contribution in [2.45, 2.75) is 23.9 Å². The zero-order valence-corrected chi connectivity index (χ0v) is 15.1. The van der Waals surface area contributed by atoms with Crippen LogP contribution in [0.3, 0.4) is 0 Å². The van der Waals surface area contributed by atoms with E-state index in [-0.39, 0.29) is 11.3 Å². The Balaban J connectivity index is 1.82. The molecule has 1 fully saturated rings. The van der Waals surface area contributed by atoms with Gasteiger partial charge in [-0.1, -0.05) is 17.7 Å². The molecule has 2 aliphatic rings. The van der Waals surface area contributed by atoms with Crippen molar-refractivity contribution in [2.75, 3.05) is 25.0 Å². The van der Waals surface area contributed by atoms with Crippen molar-refractivity contribution >= 4 is 33.3 Å². The SMILES string of the molecule is COC(=O)c1cc(Cl)ccc1NS(=O)(=O)C1C=CC2(CC1)OCCO2. The van der Waals surface area contributed by atoms with E-state index in [4.69, 9.17) is 21.1 Å². The summed E-state index contributed by atoms with van der Waals surface area (Å²) in [6, 6.07) is 4.29. The molecule has 9 heteroatoms. The molecule has 1 aromatic rings. The number of benzene rings is 1. The Morgan fingerprint density at radius 2 is 2.08 bits per heavy atom. The molecule has 0 amide bonds. The predicted molar refractivity (Wildman–Crippen MR) is 92.1 cm³/mol. The molecule has 1 aliphatic carbocycles. The lowest BCUT2D eigenvalue weighted by Crippen LogP contribution is -2.37. The van der Waals surface area contributed by atoms with E-state index in [1.54, 1.807) is 12.2 Å². The minimum Gasteiger partial charge on any atom is -0.465 e. The average molecular weight is 388 g/mol. The summed E-state index contributed by atoms with van der Waals surface area (Å²) < 4.78 is 43.6. The first kappa shape index (κ1) is 18.2. The molecule has 0 bridgehead atoms. The quantitative estimate of drug-likeness (QED) is 0.629. The molecule has 3 rings (SSSR count). The lowest BCUT2D eigenvalue weighted by Gasteiger charge is -2.30. The molecule has 0 saturated carbocycles. The summed E-state index contributed by atoms with van der Waals surface area (Å²) in [4.78, 5) is 11.9. The highest BCUT2D eigenvalue weighted by Crippen LogP contribution is 2.33. The first-order valence-corrected chi connectivity index (χ1v) is 9.64. The van der Waals surface area contributed by atoms with Crippen LogP contribution < -0.4 is 4.72 Å². The summed E-state index contributed by atoms with van der Waals surface area (Å²) >= 11 is 5.88. The van der Waals surface area contributed by atoms with Gasteiger partial charge in [0.15, 0.2) is 5.79 Å². The number of methoxy groups -OCH3 is 1. The number of ether oxygens (including phenoxy) is 3. The third kappa shape index (κ3) is 3.82. The number of carbonyl (C=O) groups is 1. The normalized spacial score (nSPS) is 22.1. The molecule has 1 N–H and O–H groups in total. The number of hydrogen-bond acceptors (Lipinski definition) is 6. The molecule has 1 spiro atoms. The van der Waals surface area contributed by atoms with Gasteiger partial charge in [0, 0.05) is 11.4 Å². The van der Waals surface area contributed by atoms with Gasteiger partial charge in [-0.3, -0.25) is 4.72 Å². The molecule has 136 valence electrons. The largest absolute Gasteiger partial charge is 0.465 e. The highest BCUT2D eigenvalue weighted by molar-refractivity contribution is 7.93. The molecule has 1 heterocycles. The van der Waals surface area contributed by atoms with Gasteiger partial charge >= 0.3 is 5.97 Å². The van der Waals surface area contributed by atoms with Crippen LogP contribution in [0.15, 0.2) is 30.4 Å². The number of halogens is 1. The molecule has 1 saturated heterocycles. The van der Waals surface area contributed by atoms with Crippen molar-refractivity contribution in [3.8, 4) is 0 Å². The molecular weight excluding hydrogens is 370 g/mol. The minimum atomic E-state index is -3.76. The Labute approximate surface area is 150 Å². The number of esters is 1. The van der Waals surface area contributed by atoms with Crippen molar-refractivity contribution in [3.63, 3.8) is 0 Å². The van der Waals surface area contributed by atoms with E-state index in [0.717, 1.165) is 0 Å². The Morgan fingerprint density at radius 3 is 2.68 bits per heavy atom. The molecule has 7 nitrogen and oxygen atoms in total. The van der Waals surface area contributed by atoms with Crippen molar-refractivity contribution < 1.29 is 27.4 Å². The summed E-state index contributed by atoms with van der Waals surface area (Å²) in [7, 11) is -2.54. The van der Waals surface area contributed by atoms with Crippen LogP contribution >= 0.6 is 11.6 Å². The van der Waals surface area contributed by atoms with Gasteiger partial charge in [0.1, 0.15) is 0 Å². The Morgan fingerprint density at radius 1 is 1.36 bits per heavy atom. The van der Waals surface area contributed by atoms with Gasteiger partial charge in [-0.25, -0.2) is 13.2 Å². The molecule has 1 aliphatic heterocycles. The highest BCUT2D eigenvalue weighted by atomic mass is 35.5. The van der Waals surface area contributed by atoms with Gasteiger partial charge < -0.3 is 14.2 Å². The number of rotatable bonds is 4. The van der Waals surface area contributed by atoms with Gasteiger partial charge in [-0.05, 0) is 30.7 Å². The fourth-order valence-corrected chi connectivity index (χ4v) is 4.38. The van der Waals surface area contributed by atoms with Crippen LogP contribution in [0.25, 0.3) is 0 Å². The number of carbonyl (C=O) groups excluding carboxylic acids is 1. The van der Waals surface area contributed by atoms with Crippen molar-refractivity contribution in [3.05, 3.63) is 40.9 Å². The fraction of sp³-hybridized carbons (Fsp3) is 0.438. The van der Waals surface area contributed by atoms with Crippen LogP contribution in [0.2, 0.25) is 5.02 Å². The third-order valence-electron chi connectivity index (χ3n) is 4.16. The van der Waals surface area contributed by atoms with E-state index in [2.05, 4.69) is 9.46 Å². The summed E-state index contributed by atoms with van der Waals surface area (Å²) in [5, 5.41) is -0.453. The zero-order chi connectivity index (χ0) is 18.1. The molecule has 0 radical (unpaired) electrons. The number of nitrogens with one attached hydrogen (secondary N) is 1. The molecule has 1 aromatic carbocycles. The minimum absolute atomic E-state index is 0.0530. The van der Waals surface area contributed by atoms with Crippen LogP contribution in [-0.2, 0) is 24.2 Å². The average Bonchev–Trinajstić information content (AvgIpc) is 3.04. The van der Waals surface area contributed by atoms with Crippen molar-refractivity contribution in [1.29, 1.82) is 0 Å². The van der Waals surface area contributed by atoms with Crippen LogP contribution in [0.5, 0.6) is 0 Å². The zero-order valence-electron chi connectivity index (χ0n) is 13.5. The highest BCUT2D eigenvalue weighted by Gasteiger charge is 2.40. The second-order valence-corrected chi connectivity index (χ2v) is 8.11. The van der Waals surface area contributed by atoms with Crippen LogP contribution in [0, 0.1) is 0 Å². The van der Waals surface area contributed by atoms with E-state index in [9.17, 15) is 13.2 Å². The Bertz CT molecular complexity index is 801. The first-order chi connectivity index (χ1) is 11.9.